The predicted octanol–water partition coefficient (Wildman–Crippen LogP) is 2.47. The van der Waals surface area contributed by atoms with Crippen molar-refractivity contribution >= 4 is 11.7 Å². The van der Waals surface area contributed by atoms with Gasteiger partial charge < -0.3 is 14.4 Å². The van der Waals surface area contributed by atoms with Crippen LogP contribution in [0, 0.1) is 5.92 Å². The summed E-state index contributed by atoms with van der Waals surface area (Å²) in [6, 6.07) is 8.06. The van der Waals surface area contributed by atoms with Gasteiger partial charge in [0, 0.05) is 13.1 Å². The third kappa shape index (κ3) is 3.19. The number of hydrogen-bond acceptors (Lipinski definition) is 4. The highest BCUT2D eigenvalue weighted by Gasteiger charge is 2.26. The summed E-state index contributed by atoms with van der Waals surface area (Å²) in [6.45, 7) is 4.38. The van der Waals surface area contributed by atoms with Gasteiger partial charge >= 0.3 is 5.97 Å². The van der Waals surface area contributed by atoms with Gasteiger partial charge in [-0.1, -0.05) is 12.1 Å². The summed E-state index contributed by atoms with van der Waals surface area (Å²) in [4.78, 5) is 13.8. The van der Waals surface area contributed by atoms with E-state index in [1.165, 1.54) is 7.11 Å². The standard InChI is InChI=1S/C15H21NO3/c1-3-19-14-7-5-4-6-13(14)16-10-8-12(9-11-16)15(17)18-2/h4-7,12H,3,8-11H2,1-2H3. The van der Waals surface area contributed by atoms with Gasteiger partial charge in [0.25, 0.3) is 0 Å². The van der Waals surface area contributed by atoms with Crippen LogP contribution in [0.1, 0.15) is 19.8 Å². The smallest absolute Gasteiger partial charge is 0.308 e. The fraction of sp³-hybridized carbons (Fsp3) is 0.533. The molecule has 1 saturated heterocycles. The van der Waals surface area contributed by atoms with Crippen molar-refractivity contribution in [2.45, 2.75) is 19.8 Å². The molecular formula is C15H21NO3. The Hall–Kier alpha value is -1.71. The molecule has 19 heavy (non-hydrogen) atoms. The first-order valence-corrected chi connectivity index (χ1v) is 6.80. The Morgan fingerprint density at radius 1 is 1.32 bits per heavy atom. The SMILES string of the molecule is CCOc1ccccc1N1CCC(C(=O)OC)CC1. The highest BCUT2D eigenvalue weighted by molar-refractivity contribution is 5.73. The molecule has 0 aromatic heterocycles. The van der Waals surface area contributed by atoms with Crippen LogP contribution in [0.3, 0.4) is 0 Å². The summed E-state index contributed by atoms with van der Waals surface area (Å²) in [5.41, 5.74) is 1.12. The number of hydrogen-bond donors (Lipinski definition) is 0. The molecule has 0 bridgehead atoms. The van der Waals surface area contributed by atoms with Gasteiger partial charge in [0.1, 0.15) is 5.75 Å². The lowest BCUT2D eigenvalue weighted by atomic mass is 9.96. The second kappa shape index (κ2) is 6.45. The summed E-state index contributed by atoms with van der Waals surface area (Å²) in [5.74, 6) is 0.875. The fourth-order valence-electron chi connectivity index (χ4n) is 2.52. The zero-order chi connectivity index (χ0) is 13.7. The van der Waals surface area contributed by atoms with E-state index in [1.807, 2.05) is 25.1 Å². The normalized spacial score (nSPS) is 16.2. The number of esters is 1. The number of methoxy groups -OCH3 is 1. The lowest BCUT2D eigenvalue weighted by Crippen LogP contribution is -2.36. The van der Waals surface area contributed by atoms with E-state index in [2.05, 4.69) is 11.0 Å². The molecule has 1 aliphatic rings. The maximum absolute atomic E-state index is 11.5. The zero-order valence-corrected chi connectivity index (χ0v) is 11.6. The first kappa shape index (κ1) is 13.7. The van der Waals surface area contributed by atoms with Crippen molar-refractivity contribution in [1.29, 1.82) is 0 Å². The monoisotopic (exact) mass is 263 g/mol. The average molecular weight is 263 g/mol. The van der Waals surface area contributed by atoms with E-state index < -0.39 is 0 Å². The Bertz CT molecular complexity index is 425. The number of para-hydroxylation sites is 2. The van der Waals surface area contributed by atoms with E-state index >= 15 is 0 Å². The molecule has 1 aromatic carbocycles. The summed E-state index contributed by atoms with van der Waals surface area (Å²) in [6.07, 6.45) is 1.68. The van der Waals surface area contributed by atoms with Gasteiger partial charge in [-0.05, 0) is 31.9 Å². The van der Waals surface area contributed by atoms with E-state index in [4.69, 9.17) is 9.47 Å². The molecule has 0 N–H and O–H groups in total. The van der Waals surface area contributed by atoms with Crippen molar-refractivity contribution < 1.29 is 14.3 Å². The molecule has 1 heterocycles. The molecule has 0 saturated carbocycles. The minimum atomic E-state index is -0.0854. The molecule has 4 heteroatoms. The molecule has 2 rings (SSSR count). The number of piperidine rings is 1. The van der Waals surface area contributed by atoms with Crippen molar-refractivity contribution in [2.75, 3.05) is 31.7 Å². The highest BCUT2D eigenvalue weighted by Crippen LogP contribution is 2.31. The van der Waals surface area contributed by atoms with Gasteiger partial charge in [-0.2, -0.15) is 0 Å². The lowest BCUT2D eigenvalue weighted by molar-refractivity contribution is -0.146. The second-order valence-corrected chi connectivity index (χ2v) is 4.69. The van der Waals surface area contributed by atoms with Gasteiger partial charge in [-0.15, -0.1) is 0 Å². The van der Waals surface area contributed by atoms with E-state index in [0.29, 0.717) is 6.61 Å². The lowest BCUT2D eigenvalue weighted by Gasteiger charge is -2.33. The van der Waals surface area contributed by atoms with Crippen LogP contribution < -0.4 is 9.64 Å². The highest BCUT2D eigenvalue weighted by atomic mass is 16.5. The first-order chi connectivity index (χ1) is 9.26. The van der Waals surface area contributed by atoms with Crippen LogP contribution in [0.15, 0.2) is 24.3 Å². The van der Waals surface area contributed by atoms with E-state index in [0.717, 1.165) is 37.4 Å². The van der Waals surface area contributed by atoms with Gasteiger partial charge in [0.2, 0.25) is 0 Å². The van der Waals surface area contributed by atoms with Crippen LogP contribution in [0.2, 0.25) is 0 Å². The van der Waals surface area contributed by atoms with Gasteiger partial charge in [-0.3, -0.25) is 4.79 Å². The molecule has 1 fully saturated rings. The van der Waals surface area contributed by atoms with Gasteiger partial charge in [0.15, 0.2) is 0 Å². The molecule has 0 radical (unpaired) electrons. The number of nitrogens with zero attached hydrogens (tertiary/aromatic N) is 1. The Morgan fingerprint density at radius 2 is 2.00 bits per heavy atom. The molecule has 0 aliphatic carbocycles. The third-order valence-corrected chi connectivity index (χ3v) is 3.54. The van der Waals surface area contributed by atoms with Gasteiger partial charge in [-0.25, -0.2) is 0 Å². The average Bonchev–Trinajstić information content (AvgIpc) is 2.47. The molecule has 1 aromatic rings. The van der Waals surface area contributed by atoms with Crippen molar-refractivity contribution in [1.82, 2.24) is 0 Å². The van der Waals surface area contributed by atoms with Crippen LogP contribution in [0.25, 0.3) is 0 Å². The molecule has 1 aliphatic heterocycles. The molecule has 0 atom stereocenters. The zero-order valence-electron chi connectivity index (χ0n) is 11.6. The number of benzene rings is 1. The van der Waals surface area contributed by atoms with Crippen molar-refractivity contribution in [2.24, 2.45) is 5.92 Å². The predicted molar refractivity (Wildman–Crippen MR) is 74.6 cm³/mol. The molecule has 4 nitrogen and oxygen atoms in total. The first-order valence-electron chi connectivity index (χ1n) is 6.80. The number of ether oxygens (including phenoxy) is 2. The van der Waals surface area contributed by atoms with Crippen molar-refractivity contribution in [3.05, 3.63) is 24.3 Å². The van der Waals surface area contributed by atoms with E-state index in [-0.39, 0.29) is 11.9 Å². The van der Waals surface area contributed by atoms with Crippen LogP contribution >= 0.6 is 0 Å². The minimum absolute atomic E-state index is 0.0421. The summed E-state index contributed by atoms with van der Waals surface area (Å²) < 4.78 is 10.5. The number of carbonyl (C=O) groups is 1. The summed E-state index contributed by atoms with van der Waals surface area (Å²) >= 11 is 0. The Balaban J connectivity index is 2.03. The maximum atomic E-state index is 11.5. The molecule has 0 unspecified atom stereocenters. The van der Waals surface area contributed by atoms with Crippen LogP contribution in [-0.4, -0.2) is 32.8 Å². The van der Waals surface area contributed by atoms with E-state index in [9.17, 15) is 4.79 Å². The number of carbonyl (C=O) groups excluding carboxylic acids is 1. The van der Waals surface area contributed by atoms with Crippen molar-refractivity contribution in [3.8, 4) is 5.75 Å². The van der Waals surface area contributed by atoms with Crippen LogP contribution in [0.4, 0.5) is 5.69 Å². The third-order valence-electron chi connectivity index (χ3n) is 3.54. The summed E-state index contributed by atoms with van der Waals surface area (Å²) in [5, 5.41) is 0. The molecule has 0 spiro atoms. The van der Waals surface area contributed by atoms with Gasteiger partial charge in [0.05, 0.1) is 25.3 Å². The molecule has 104 valence electrons. The topological polar surface area (TPSA) is 38.8 Å². The largest absolute Gasteiger partial charge is 0.492 e. The maximum Gasteiger partial charge on any atom is 0.308 e. The quantitative estimate of drug-likeness (QED) is 0.782. The number of anilines is 1. The van der Waals surface area contributed by atoms with Crippen molar-refractivity contribution in [3.63, 3.8) is 0 Å². The summed E-state index contributed by atoms with van der Waals surface area (Å²) in [7, 11) is 1.46. The Morgan fingerprint density at radius 3 is 2.63 bits per heavy atom. The second-order valence-electron chi connectivity index (χ2n) is 4.69. The Labute approximate surface area is 114 Å². The minimum Gasteiger partial charge on any atom is -0.492 e. The number of rotatable bonds is 4. The van der Waals surface area contributed by atoms with Crippen LogP contribution in [0.5, 0.6) is 5.75 Å². The molecular weight excluding hydrogens is 242 g/mol. The Kier molecular flexibility index (Phi) is 4.66. The van der Waals surface area contributed by atoms with Crippen LogP contribution in [-0.2, 0) is 9.53 Å². The van der Waals surface area contributed by atoms with E-state index in [1.54, 1.807) is 0 Å². The fourth-order valence-corrected chi connectivity index (χ4v) is 2.52. The molecule has 0 amide bonds.